The molecule has 9 nitrogen and oxygen atoms in total. The molecule has 2 heterocycles. The minimum absolute atomic E-state index is 0.263. The van der Waals surface area contributed by atoms with Crippen molar-refractivity contribution in [2.75, 3.05) is 19.3 Å². The average Bonchev–Trinajstić information content (AvgIpc) is 3.59. The number of amides is 1. The average molecular weight is 473 g/mol. The highest BCUT2D eigenvalue weighted by Gasteiger charge is 2.36. The number of hydrogen-bond donors (Lipinski definition) is 2. The SMILES string of the molecule is COc1cc(CNC(=O)C(c2ccc(-c3cnc[nH]3)cc2)N2OOc3ccccc32)cc(OC)c1. The Morgan fingerprint density at radius 3 is 2.49 bits per heavy atom. The number of anilines is 1. The van der Waals surface area contributed by atoms with Gasteiger partial charge in [0.05, 0.1) is 32.4 Å². The van der Waals surface area contributed by atoms with E-state index in [0.29, 0.717) is 22.9 Å². The van der Waals surface area contributed by atoms with Gasteiger partial charge in [-0.05, 0) is 41.0 Å². The highest BCUT2D eigenvalue weighted by atomic mass is 17.3. The molecule has 0 bridgehead atoms. The molecule has 0 aliphatic carbocycles. The van der Waals surface area contributed by atoms with Gasteiger partial charge >= 0.3 is 0 Å². The predicted molar refractivity (Wildman–Crippen MR) is 129 cm³/mol. The number of hydrogen-bond acceptors (Lipinski definition) is 7. The topological polar surface area (TPSA) is 97.9 Å². The Bertz CT molecular complexity index is 1290. The molecule has 2 N–H and O–H groups in total. The predicted octanol–water partition coefficient (Wildman–Crippen LogP) is 4.20. The van der Waals surface area contributed by atoms with E-state index >= 15 is 0 Å². The van der Waals surface area contributed by atoms with Gasteiger partial charge in [0.1, 0.15) is 17.2 Å². The third-order valence-electron chi connectivity index (χ3n) is 5.71. The minimum atomic E-state index is -0.804. The summed E-state index contributed by atoms with van der Waals surface area (Å²) in [6.45, 7) is 0.269. The molecular formula is C26H24N4O5. The number of rotatable bonds is 8. The van der Waals surface area contributed by atoms with Gasteiger partial charge in [0.25, 0.3) is 0 Å². The summed E-state index contributed by atoms with van der Waals surface area (Å²) >= 11 is 0. The van der Waals surface area contributed by atoms with E-state index in [-0.39, 0.29) is 12.5 Å². The molecule has 1 unspecified atom stereocenters. The number of H-pyrrole nitrogens is 1. The lowest BCUT2D eigenvalue weighted by Crippen LogP contribution is -2.39. The van der Waals surface area contributed by atoms with Crippen molar-refractivity contribution in [1.29, 1.82) is 0 Å². The summed E-state index contributed by atoms with van der Waals surface area (Å²) in [5.74, 6) is 1.56. The molecule has 1 aliphatic heterocycles. The van der Waals surface area contributed by atoms with Crippen LogP contribution in [0.3, 0.4) is 0 Å². The number of fused-ring (bicyclic) bond motifs is 1. The standard InChI is InChI=1S/C26H24N4O5/c1-32-20-11-17(12-21(13-20)33-2)14-28-26(31)25(30-23-5-3-4-6-24(23)34-35-30)19-9-7-18(8-10-19)22-15-27-16-29-22/h3-13,15-16,25H,14H2,1-2H3,(H,27,29)(H,28,31). The number of carbonyl (C=O) groups is 1. The molecule has 3 aromatic carbocycles. The highest BCUT2D eigenvalue weighted by Crippen LogP contribution is 2.40. The molecule has 0 saturated heterocycles. The fourth-order valence-corrected chi connectivity index (χ4v) is 3.92. The number of nitrogens with zero attached hydrogens (tertiary/aromatic N) is 2. The summed E-state index contributed by atoms with van der Waals surface area (Å²) in [5, 5.41) is 4.48. The molecule has 1 aliphatic rings. The van der Waals surface area contributed by atoms with Crippen molar-refractivity contribution in [3.05, 3.63) is 90.4 Å². The number of hydroxylamine groups is 1. The molecule has 35 heavy (non-hydrogen) atoms. The number of ether oxygens (including phenoxy) is 2. The largest absolute Gasteiger partial charge is 0.497 e. The van der Waals surface area contributed by atoms with Gasteiger partial charge in [0.2, 0.25) is 5.91 Å². The first kappa shape index (κ1) is 22.3. The summed E-state index contributed by atoms with van der Waals surface area (Å²) in [5.41, 5.74) is 4.06. The number of methoxy groups -OCH3 is 2. The summed E-state index contributed by atoms with van der Waals surface area (Å²) in [6.07, 6.45) is 3.37. The molecule has 1 atom stereocenters. The summed E-state index contributed by atoms with van der Waals surface area (Å²) in [4.78, 5) is 31.6. The Morgan fingerprint density at radius 2 is 1.80 bits per heavy atom. The lowest BCUT2D eigenvalue weighted by molar-refractivity contribution is -0.206. The Morgan fingerprint density at radius 1 is 1.06 bits per heavy atom. The second-order valence-electron chi connectivity index (χ2n) is 7.88. The van der Waals surface area contributed by atoms with Gasteiger partial charge in [0.15, 0.2) is 11.8 Å². The molecule has 4 aromatic rings. The lowest BCUT2D eigenvalue weighted by Gasteiger charge is -2.25. The first-order valence-corrected chi connectivity index (χ1v) is 11.0. The van der Waals surface area contributed by atoms with Crippen LogP contribution in [0.15, 0.2) is 79.3 Å². The summed E-state index contributed by atoms with van der Waals surface area (Å²) in [6, 6.07) is 19.6. The fraction of sp³-hybridized carbons (Fsp3) is 0.154. The van der Waals surface area contributed by atoms with Gasteiger partial charge in [-0.3, -0.25) is 4.79 Å². The number of aromatic amines is 1. The van der Waals surface area contributed by atoms with Crippen LogP contribution >= 0.6 is 0 Å². The molecule has 1 amide bonds. The first-order chi connectivity index (χ1) is 17.2. The molecule has 0 saturated carbocycles. The van der Waals surface area contributed by atoms with Crippen molar-refractivity contribution < 1.29 is 24.1 Å². The zero-order valence-electron chi connectivity index (χ0n) is 19.2. The minimum Gasteiger partial charge on any atom is -0.497 e. The van der Waals surface area contributed by atoms with Crippen LogP contribution in [0.4, 0.5) is 5.69 Å². The van der Waals surface area contributed by atoms with E-state index < -0.39 is 6.04 Å². The van der Waals surface area contributed by atoms with Crippen LogP contribution in [-0.4, -0.2) is 30.1 Å². The molecular weight excluding hydrogens is 448 g/mol. The third-order valence-corrected chi connectivity index (χ3v) is 5.71. The molecule has 0 spiro atoms. The van der Waals surface area contributed by atoms with Crippen molar-refractivity contribution in [3.8, 4) is 28.5 Å². The number of para-hydroxylation sites is 2. The van der Waals surface area contributed by atoms with Crippen LogP contribution in [0.25, 0.3) is 11.3 Å². The normalized spacial score (nSPS) is 13.0. The van der Waals surface area contributed by atoms with Crippen LogP contribution < -0.4 is 24.7 Å². The zero-order chi connectivity index (χ0) is 24.2. The molecule has 5 rings (SSSR count). The fourth-order valence-electron chi connectivity index (χ4n) is 3.92. The van der Waals surface area contributed by atoms with E-state index in [0.717, 1.165) is 22.4 Å². The van der Waals surface area contributed by atoms with Gasteiger partial charge in [-0.15, -0.1) is 0 Å². The van der Waals surface area contributed by atoms with E-state index in [4.69, 9.17) is 19.3 Å². The van der Waals surface area contributed by atoms with Gasteiger partial charge in [-0.2, -0.15) is 5.06 Å². The molecule has 0 fully saturated rings. The van der Waals surface area contributed by atoms with E-state index in [2.05, 4.69) is 15.3 Å². The van der Waals surface area contributed by atoms with Gasteiger partial charge < -0.3 is 24.7 Å². The summed E-state index contributed by atoms with van der Waals surface area (Å²) in [7, 11) is 3.17. The quantitative estimate of drug-likeness (QED) is 0.371. The van der Waals surface area contributed by atoms with Crippen molar-refractivity contribution in [2.45, 2.75) is 12.6 Å². The number of imidazole rings is 1. The van der Waals surface area contributed by atoms with Crippen molar-refractivity contribution in [3.63, 3.8) is 0 Å². The molecule has 1 aromatic heterocycles. The van der Waals surface area contributed by atoms with Crippen LogP contribution in [0, 0.1) is 0 Å². The molecule has 9 heteroatoms. The third kappa shape index (κ3) is 4.62. The molecule has 0 radical (unpaired) electrons. The second-order valence-corrected chi connectivity index (χ2v) is 7.88. The van der Waals surface area contributed by atoms with Crippen molar-refractivity contribution >= 4 is 11.6 Å². The second kappa shape index (κ2) is 9.78. The van der Waals surface area contributed by atoms with E-state index in [9.17, 15) is 4.79 Å². The monoisotopic (exact) mass is 472 g/mol. The Kier molecular flexibility index (Phi) is 6.23. The Labute approximate surface area is 202 Å². The van der Waals surface area contributed by atoms with Crippen LogP contribution in [0.5, 0.6) is 17.2 Å². The number of nitrogens with one attached hydrogen (secondary N) is 2. The van der Waals surface area contributed by atoms with Crippen LogP contribution in [0.1, 0.15) is 17.2 Å². The highest BCUT2D eigenvalue weighted by molar-refractivity contribution is 5.87. The van der Waals surface area contributed by atoms with Crippen LogP contribution in [-0.2, 0) is 16.3 Å². The Hall–Kier alpha value is -4.50. The maximum absolute atomic E-state index is 13.6. The first-order valence-electron chi connectivity index (χ1n) is 11.0. The number of benzene rings is 3. The van der Waals surface area contributed by atoms with E-state index in [1.54, 1.807) is 38.9 Å². The number of carbonyl (C=O) groups excluding carboxylic acids is 1. The van der Waals surface area contributed by atoms with Crippen LogP contribution in [0.2, 0.25) is 0 Å². The lowest BCUT2D eigenvalue weighted by atomic mass is 10.0. The van der Waals surface area contributed by atoms with Gasteiger partial charge in [0, 0.05) is 12.6 Å². The smallest absolute Gasteiger partial charge is 0.250 e. The van der Waals surface area contributed by atoms with E-state index in [1.807, 2.05) is 54.6 Å². The maximum Gasteiger partial charge on any atom is 0.250 e. The van der Waals surface area contributed by atoms with Gasteiger partial charge in [-0.1, -0.05) is 41.4 Å². The van der Waals surface area contributed by atoms with E-state index in [1.165, 1.54) is 5.06 Å². The summed E-state index contributed by atoms with van der Waals surface area (Å²) < 4.78 is 10.7. The maximum atomic E-state index is 13.6. The Balaban J connectivity index is 1.43. The van der Waals surface area contributed by atoms with Gasteiger partial charge in [-0.25, -0.2) is 4.98 Å². The number of aromatic nitrogens is 2. The van der Waals surface area contributed by atoms with Crippen molar-refractivity contribution in [1.82, 2.24) is 15.3 Å². The molecule has 178 valence electrons. The zero-order valence-corrected chi connectivity index (χ0v) is 19.2. The van der Waals surface area contributed by atoms with Crippen molar-refractivity contribution in [2.24, 2.45) is 0 Å².